The number of nitrogens with one attached hydrogen (secondary N) is 1. The molecule has 1 aliphatic rings. The van der Waals surface area contributed by atoms with Gasteiger partial charge in [0.25, 0.3) is 5.91 Å². The van der Waals surface area contributed by atoms with Gasteiger partial charge < -0.3 is 10.2 Å². The Bertz CT molecular complexity index is 955. The topological polar surface area (TPSA) is 58.1 Å². The van der Waals surface area contributed by atoms with E-state index in [-0.39, 0.29) is 5.91 Å². The SMILES string of the molecule is O=C(Nc1cc(Cl)cc(Cl)c1)c1cnc(N2CCc3ccccc32)nc1. The number of hydrogen-bond donors (Lipinski definition) is 1. The maximum absolute atomic E-state index is 12.4. The molecule has 0 fully saturated rings. The Balaban J connectivity index is 1.52. The molecule has 0 bridgehead atoms. The first kappa shape index (κ1) is 16.8. The lowest BCUT2D eigenvalue weighted by atomic mass is 10.2. The molecule has 26 heavy (non-hydrogen) atoms. The van der Waals surface area contributed by atoms with E-state index in [1.54, 1.807) is 18.2 Å². The van der Waals surface area contributed by atoms with Gasteiger partial charge in [-0.3, -0.25) is 4.79 Å². The third-order valence-electron chi connectivity index (χ3n) is 4.15. The van der Waals surface area contributed by atoms with E-state index in [1.807, 2.05) is 17.0 Å². The van der Waals surface area contributed by atoms with Crippen LogP contribution in [0.25, 0.3) is 0 Å². The number of para-hydroxylation sites is 1. The van der Waals surface area contributed by atoms with Crippen molar-refractivity contribution < 1.29 is 4.79 Å². The number of carbonyl (C=O) groups excluding carboxylic acids is 1. The number of rotatable bonds is 3. The fourth-order valence-corrected chi connectivity index (χ4v) is 3.48. The highest BCUT2D eigenvalue weighted by Crippen LogP contribution is 2.32. The largest absolute Gasteiger partial charge is 0.322 e. The maximum Gasteiger partial charge on any atom is 0.258 e. The Hall–Kier alpha value is -2.63. The molecule has 1 N–H and O–H groups in total. The molecule has 0 radical (unpaired) electrons. The minimum Gasteiger partial charge on any atom is -0.322 e. The van der Waals surface area contributed by atoms with Crippen LogP contribution in [0.2, 0.25) is 10.0 Å². The van der Waals surface area contributed by atoms with Crippen molar-refractivity contribution >= 4 is 46.4 Å². The number of aromatic nitrogens is 2. The van der Waals surface area contributed by atoms with Crippen LogP contribution in [-0.2, 0) is 6.42 Å². The van der Waals surface area contributed by atoms with Crippen LogP contribution in [-0.4, -0.2) is 22.4 Å². The molecule has 0 aliphatic carbocycles. The molecular formula is C19H14Cl2N4O. The molecule has 7 heteroatoms. The zero-order chi connectivity index (χ0) is 18.1. The summed E-state index contributed by atoms with van der Waals surface area (Å²) in [6.07, 6.45) is 3.99. The summed E-state index contributed by atoms with van der Waals surface area (Å²) >= 11 is 11.9. The van der Waals surface area contributed by atoms with Gasteiger partial charge in [-0.05, 0) is 36.2 Å². The van der Waals surface area contributed by atoms with Crippen molar-refractivity contribution in [1.29, 1.82) is 0 Å². The Kier molecular flexibility index (Phi) is 4.49. The van der Waals surface area contributed by atoms with E-state index in [4.69, 9.17) is 23.2 Å². The lowest BCUT2D eigenvalue weighted by molar-refractivity contribution is 0.102. The highest BCUT2D eigenvalue weighted by atomic mass is 35.5. The average Bonchev–Trinajstić information content (AvgIpc) is 3.05. The number of carbonyl (C=O) groups is 1. The van der Waals surface area contributed by atoms with Crippen LogP contribution in [0.3, 0.4) is 0 Å². The minimum atomic E-state index is -0.322. The number of benzene rings is 2. The van der Waals surface area contributed by atoms with Gasteiger partial charge in [0.15, 0.2) is 0 Å². The van der Waals surface area contributed by atoms with Crippen molar-refractivity contribution in [3.63, 3.8) is 0 Å². The lowest BCUT2D eigenvalue weighted by Gasteiger charge is -2.17. The molecule has 1 aromatic heterocycles. The summed E-state index contributed by atoms with van der Waals surface area (Å²) in [5.41, 5.74) is 3.26. The van der Waals surface area contributed by atoms with Gasteiger partial charge in [0.05, 0.1) is 5.56 Å². The summed E-state index contributed by atoms with van der Waals surface area (Å²) in [5, 5.41) is 3.65. The third-order valence-corrected chi connectivity index (χ3v) is 4.59. The van der Waals surface area contributed by atoms with Gasteiger partial charge >= 0.3 is 0 Å². The molecule has 0 saturated heterocycles. The van der Waals surface area contributed by atoms with Crippen molar-refractivity contribution in [2.24, 2.45) is 0 Å². The molecule has 4 rings (SSSR count). The summed E-state index contributed by atoms with van der Waals surface area (Å²) in [6.45, 7) is 0.825. The van der Waals surface area contributed by atoms with Crippen molar-refractivity contribution in [3.8, 4) is 0 Å². The van der Waals surface area contributed by atoms with Gasteiger partial charge in [0.2, 0.25) is 5.95 Å². The van der Waals surface area contributed by atoms with Crippen LogP contribution in [0.1, 0.15) is 15.9 Å². The highest BCUT2D eigenvalue weighted by Gasteiger charge is 2.22. The second-order valence-corrected chi connectivity index (χ2v) is 6.79. The molecular weight excluding hydrogens is 371 g/mol. The van der Waals surface area contributed by atoms with Crippen LogP contribution in [0.4, 0.5) is 17.3 Å². The summed E-state index contributed by atoms with van der Waals surface area (Å²) in [5.74, 6) is 0.258. The van der Waals surface area contributed by atoms with Crippen molar-refractivity contribution in [3.05, 3.63) is 76.0 Å². The quantitative estimate of drug-likeness (QED) is 0.708. The Morgan fingerprint density at radius 1 is 1.04 bits per heavy atom. The molecule has 2 heterocycles. The van der Waals surface area contributed by atoms with E-state index in [0.717, 1.165) is 18.7 Å². The molecule has 3 aromatic rings. The summed E-state index contributed by atoms with van der Waals surface area (Å²) < 4.78 is 0. The van der Waals surface area contributed by atoms with Crippen molar-refractivity contribution in [1.82, 2.24) is 9.97 Å². The van der Waals surface area contributed by atoms with Crippen LogP contribution in [0.15, 0.2) is 54.9 Å². The first-order chi connectivity index (χ1) is 12.6. The van der Waals surface area contributed by atoms with Gasteiger partial charge in [-0.15, -0.1) is 0 Å². The molecule has 0 spiro atoms. The van der Waals surface area contributed by atoms with Crippen molar-refractivity contribution in [2.75, 3.05) is 16.8 Å². The summed E-state index contributed by atoms with van der Waals surface area (Å²) in [7, 11) is 0. The van der Waals surface area contributed by atoms with Crippen LogP contribution < -0.4 is 10.2 Å². The fraction of sp³-hybridized carbons (Fsp3) is 0.105. The van der Waals surface area contributed by atoms with Crippen LogP contribution in [0, 0.1) is 0 Å². The molecule has 1 aliphatic heterocycles. The molecule has 1 amide bonds. The predicted octanol–water partition coefficient (Wildman–Crippen LogP) is 4.73. The monoisotopic (exact) mass is 384 g/mol. The van der Waals surface area contributed by atoms with Gasteiger partial charge in [-0.1, -0.05) is 41.4 Å². The Morgan fingerprint density at radius 2 is 1.73 bits per heavy atom. The minimum absolute atomic E-state index is 0.322. The predicted molar refractivity (Wildman–Crippen MR) is 104 cm³/mol. The van der Waals surface area contributed by atoms with Crippen LogP contribution >= 0.6 is 23.2 Å². The number of nitrogens with zero attached hydrogens (tertiary/aromatic N) is 3. The number of hydrogen-bond acceptors (Lipinski definition) is 4. The highest BCUT2D eigenvalue weighted by molar-refractivity contribution is 6.35. The van der Waals surface area contributed by atoms with Crippen LogP contribution in [0.5, 0.6) is 0 Å². The number of anilines is 3. The molecule has 0 atom stereocenters. The average molecular weight is 385 g/mol. The van der Waals surface area contributed by atoms with E-state index in [0.29, 0.717) is 27.2 Å². The van der Waals surface area contributed by atoms with Gasteiger partial charge in [0.1, 0.15) is 0 Å². The number of fused-ring (bicyclic) bond motifs is 1. The second-order valence-electron chi connectivity index (χ2n) is 5.91. The van der Waals surface area contributed by atoms with E-state index >= 15 is 0 Å². The maximum atomic E-state index is 12.4. The van der Waals surface area contributed by atoms with Gasteiger partial charge in [0, 0.05) is 40.4 Å². The van der Waals surface area contributed by atoms with Crippen molar-refractivity contribution in [2.45, 2.75) is 6.42 Å². The first-order valence-electron chi connectivity index (χ1n) is 8.05. The molecule has 2 aromatic carbocycles. The normalized spacial score (nSPS) is 12.8. The van der Waals surface area contributed by atoms with Gasteiger partial charge in [-0.25, -0.2) is 9.97 Å². The van der Waals surface area contributed by atoms with Gasteiger partial charge in [-0.2, -0.15) is 0 Å². The third kappa shape index (κ3) is 3.36. The summed E-state index contributed by atoms with van der Waals surface area (Å²) in [4.78, 5) is 23.1. The van der Waals surface area contributed by atoms with E-state index in [1.165, 1.54) is 18.0 Å². The molecule has 0 saturated carbocycles. The summed E-state index contributed by atoms with van der Waals surface area (Å²) in [6, 6.07) is 13.0. The number of amides is 1. The van der Waals surface area contributed by atoms with E-state index in [2.05, 4.69) is 27.4 Å². The van der Waals surface area contributed by atoms with E-state index in [9.17, 15) is 4.79 Å². The second kappa shape index (κ2) is 6.94. The zero-order valence-electron chi connectivity index (χ0n) is 13.6. The van der Waals surface area contributed by atoms with E-state index < -0.39 is 0 Å². The molecule has 130 valence electrons. The smallest absolute Gasteiger partial charge is 0.258 e. The number of halogens is 2. The lowest BCUT2D eigenvalue weighted by Crippen LogP contribution is -2.18. The molecule has 0 unspecified atom stereocenters. The Labute approximate surface area is 160 Å². The first-order valence-corrected chi connectivity index (χ1v) is 8.81. The standard InChI is InChI=1S/C19H14Cl2N4O/c20-14-7-15(21)9-16(8-14)24-18(26)13-10-22-19(23-11-13)25-6-5-12-3-1-2-4-17(12)25/h1-4,7-11H,5-6H2,(H,24,26). The fourth-order valence-electron chi connectivity index (χ4n) is 2.95. The molecule has 5 nitrogen and oxygen atoms in total. The zero-order valence-corrected chi connectivity index (χ0v) is 15.1. The Morgan fingerprint density at radius 3 is 2.46 bits per heavy atom.